The molecule has 1 fully saturated rings. The second-order valence-electron chi connectivity index (χ2n) is 4.16. The van der Waals surface area contributed by atoms with Crippen LogP contribution in [0.5, 0.6) is 0 Å². The molecule has 3 heterocycles. The SMILES string of the molecule is OCCNc1ncnc2c1ncn2[C@@H]1CCCO1. The highest BCUT2D eigenvalue weighted by molar-refractivity contribution is 5.82. The van der Waals surface area contributed by atoms with E-state index < -0.39 is 0 Å². The van der Waals surface area contributed by atoms with E-state index in [0.29, 0.717) is 17.9 Å². The second-order valence-corrected chi connectivity index (χ2v) is 4.16. The highest BCUT2D eigenvalue weighted by Crippen LogP contribution is 2.27. The van der Waals surface area contributed by atoms with E-state index in [-0.39, 0.29) is 12.8 Å². The molecule has 1 atom stereocenters. The Bertz CT molecular complexity index is 535. The summed E-state index contributed by atoms with van der Waals surface area (Å²) in [4.78, 5) is 12.7. The molecule has 7 heteroatoms. The number of imidazole rings is 1. The first-order chi connectivity index (χ1) is 8.90. The molecule has 18 heavy (non-hydrogen) atoms. The molecule has 0 aliphatic carbocycles. The van der Waals surface area contributed by atoms with E-state index in [1.807, 2.05) is 4.57 Å². The smallest absolute Gasteiger partial charge is 0.167 e. The third kappa shape index (κ3) is 1.91. The number of fused-ring (bicyclic) bond motifs is 1. The van der Waals surface area contributed by atoms with Gasteiger partial charge >= 0.3 is 0 Å². The molecule has 7 nitrogen and oxygen atoms in total. The van der Waals surface area contributed by atoms with Gasteiger partial charge in [0.25, 0.3) is 0 Å². The lowest BCUT2D eigenvalue weighted by Crippen LogP contribution is -2.09. The minimum atomic E-state index is 0.0237. The molecule has 0 radical (unpaired) electrons. The number of aliphatic hydroxyl groups excluding tert-OH is 1. The van der Waals surface area contributed by atoms with Crippen molar-refractivity contribution in [1.29, 1.82) is 0 Å². The molecule has 0 unspecified atom stereocenters. The molecule has 2 aromatic heterocycles. The lowest BCUT2D eigenvalue weighted by Gasteiger charge is -2.11. The molecule has 0 amide bonds. The minimum absolute atomic E-state index is 0.0237. The molecular weight excluding hydrogens is 234 g/mol. The normalized spacial score (nSPS) is 19.5. The first-order valence-electron chi connectivity index (χ1n) is 6.04. The zero-order chi connectivity index (χ0) is 12.4. The monoisotopic (exact) mass is 249 g/mol. The molecule has 0 bridgehead atoms. The van der Waals surface area contributed by atoms with E-state index in [0.717, 1.165) is 25.1 Å². The number of aromatic nitrogens is 4. The maximum absolute atomic E-state index is 8.83. The number of anilines is 1. The van der Waals surface area contributed by atoms with Crippen molar-refractivity contribution < 1.29 is 9.84 Å². The largest absolute Gasteiger partial charge is 0.395 e. The lowest BCUT2D eigenvalue weighted by atomic mass is 10.3. The van der Waals surface area contributed by atoms with Crippen LogP contribution in [0.3, 0.4) is 0 Å². The Balaban J connectivity index is 1.97. The fourth-order valence-electron chi connectivity index (χ4n) is 2.15. The van der Waals surface area contributed by atoms with Gasteiger partial charge in [-0.05, 0) is 12.8 Å². The van der Waals surface area contributed by atoms with Crippen molar-refractivity contribution in [3.63, 3.8) is 0 Å². The summed E-state index contributed by atoms with van der Waals surface area (Å²) in [5.41, 5.74) is 1.47. The Morgan fingerprint density at radius 3 is 3.17 bits per heavy atom. The van der Waals surface area contributed by atoms with E-state index in [9.17, 15) is 0 Å². The van der Waals surface area contributed by atoms with Crippen LogP contribution in [0.2, 0.25) is 0 Å². The van der Waals surface area contributed by atoms with Gasteiger partial charge in [-0.3, -0.25) is 4.57 Å². The van der Waals surface area contributed by atoms with E-state index >= 15 is 0 Å². The first kappa shape index (κ1) is 11.4. The number of hydrogen-bond donors (Lipinski definition) is 2. The van der Waals surface area contributed by atoms with E-state index in [1.165, 1.54) is 6.33 Å². The van der Waals surface area contributed by atoms with Crippen LogP contribution in [-0.2, 0) is 4.74 Å². The van der Waals surface area contributed by atoms with Gasteiger partial charge in [0.15, 0.2) is 17.0 Å². The summed E-state index contributed by atoms with van der Waals surface area (Å²) in [6, 6.07) is 0. The Morgan fingerprint density at radius 1 is 1.44 bits per heavy atom. The Hall–Kier alpha value is -1.73. The molecule has 1 aliphatic rings. The quantitative estimate of drug-likeness (QED) is 0.822. The topological polar surface area (TPSA) is 85.1 Å². The van der Waals surface area contributed by atoms with Crippen molar-refractivity contribution in [2.75, 3.05) is 25.1 Å². The number of nitrogens with one attached hydrogen (secondary N) is 1. The van der Waals surface area contributed by atoms with Gasteiger partial charge in [0.05, 0.1) is 12.9 Å². The average Bonchev–Trinajstić information content (AvgIpc) is 3.04. The Kier molecular flexibility index (Phi) is 3.07. The lowest BCUT2D eigenvalue weighted by molar-refractivity contribution is 0.0593. The molecule has 1 aliphatic heterocycles. The number of ether oxygens (including phenoxy) is 1. The summed E-state index contributed by atoms with van der Waals surface area (Å²) in [5.74, 6) is 0.644. The third-order valence-electron chi connectivity index (χ3n) is 2.98. The highest BCUT2D eigenvalue weighted by atomic mass is 16.5. The standard InChI is InChI=1S/C11H15N5O2/c17-4-3-12-10-9-11(14-6-13-10)16(7-15-9)8-2-1-5-18-8/h6-8,17H,1-5H2,(H,12,13,14)/t8-/m0/s1. The van der Waals surface area contributed by atoms with Crippen LogP contribution in [0.4, 0.5) is 5.82 Å². The number of nitrogens with zero attached hydrogens (tertiary/aromatic N) is 4. The molecule has 3 rings (SSSR count). The molecule has 2 N–H and O–H groups in total. The van der Waals surface area contributed by atoms with E-state index in [2.05, 4.69) is 20.3 Å². The van der Waals surface area contributed by atoms with Crippen LogP contribution in [0.15, 0.2) is 12.7 Å². The summed E-state index contributed by atoms with van der Waals surface area (Å²) in [6.45, 7) is 1.28. The number of rotatable bonds is 4. The first-order valence-corrected chi connectivity index (χ1v) is 6.04. The molecule has 2 aromatic rings. The fourth-order valence-corrected chi connectivity index (χ4v) is 2.15. The molecule has 0 saturated carbocycles. The van der Waals surface area contributed by atoms with Gasteiger partial charge in [-0.2, -0.15) is 0 Å². The van der Waals surface area contributed by atoms with Crippen LogP contribution in [0.25, 0.3) is 11.2 Å². The van der Waals surface area contributed by atoms with Crippen molar-refractivity contribution in [3.8, 4) is 0 Å². The van der Waals surface area contributed by atoms with Gasteiger partial charge in [-0.15, -0.1) is 0 Å². The maximum Gasteiger partial charge on any atom is 0.167 e. The van der Waals surface area contributed by atoms with E-state index in [4.69, 9.17) is 9.84 Å². The Labute approximate surface area is 104 Å². The minimum Gasteiger partial charge on any atom is -0.395 e. The average molecular weight is 249 g/mol. The summed E-state index contributed by atoms with van der Waals surface area (Å²) >= 11 is 0. The summed E-state index contributed by atoms with van der Waals surface area (Å²) < 4.78 is 7.57. The Morgan fingerprint density at radius 2 is 2.39 bits per heavy atom. The predicted octanol–water partition coefficient (Wildman–Crippen LogP) is 0.539. The van der Waals surface area contributed by atoms with Crippen molar-refractivity contribution in [2.45, 2.75) is 19.1 Å². The van der Waals surface area contributed by atoms with Gasteiger partial charge < -0.3 is 15.2 Å². The van der Waals surface area contributed by atoms with Crippen molar-refractivity contribution in [3.05, 3.63) is 12.7 Å². The van der Waals surface area contributed by atoms with Gasteiger partial charge in [0, 0.05) is 13.2 Å². The third-order valence-corrected chi connectivity index (χ3v) is 2.98. The van der Waals surface area contributed by atoms with Gasteiger partial charge in [-0.25, -0.2) is 15.0 Å². The van der Waals surface area contributed by atoms with Gasteiger partial charge in [-0.1, -0.05) is 0 Å². The van der Waals surface area contributed by atoms with Crippen LogP contribution >= 0.6 is 0 Å². The molecule has 1 saturated heterocycles. The van der Waals surface area contributed by atoms with Crippen molar-refractivity contribution in [2.24, 2.45) is 0 Å². The van der Waals surface area contributed by atoms with Crippen LogP contribution in [0.1, 0.15) is 19.1 Å². The zero-order valence-electron chi connectivity index (χ0n) is 9.91. The van der Waals surface area contributed by atoms with Crippen molar-refractivity contribution in [1.82, 2.24) is 19.5 Å². The molecule has 0 spiro atoms. The van der Waals surface area contributed by atoms with Crippen LogP contribution < -0.4 is 5.32 Å². The summed E-state index contributed by atoms with van der Waals surface area (Å²) in [5, 5.41) is 11.8. The molecule has 0 aromatic carbocycles. The van der Waals surface area contributed by atoms with Crippen LogP contribution in [-0.4, -0.2) is 44.4 Å². The summed E-state index contributed by atoms with van der Waals surface area (Å²) in [6.07, 6.45) is 5.30. The van der Waals surface area contributed by atoms with Crippen LogP contribution in [0, 0.1) is 0 Å². The molecule has 96 valence electrons. The number of aliphatic hydroxyl groups is 1. The zero-order valence-corrected chi connectivity index (χ0v) is 9.91. The van der Waals surface area contributed by atoms with Gasteiger partial charge in [0.1, 0.15) is 12.6 Å². The van der Waals surface area contributed by atoms with E-state index in [1.54, 1.807) is 6.33 Å². The number of hydrogen-bond acceptors (Lipinski definition) is 6. The van der Waals surface area contributed by atoms with Gasteiger partial charge in [0.2, 0.25) is 0 Å². The predicted molar refractivity (Wildman–Crippen MR) is 65.1 cm³/mol. The summed E-state index contributed by atoms with van der Waals surface area (Å²) in [7, 11) is 0. The van der Waals surface area contributed by atoms with Crippen molar-refractivity contribution >= 4 is 17.0 Å². The molecular formula is C11H15N5O2. The second kappa shape index (κ2) is 4.87. The fraction of sp³-hybridized carbons (Fsp3) is 0.545. The highest BCUT2D eigenvalue weighted by Gasteiger charge is 2.21. The maximum atomic E-state index is 8.83.